The van der Waals surface area contributed by atoms with Gasteiger partial charge in [-0.25, -0.2) is 15.0 Å². The van der Waals surface area contributed by atoms with E-state index in [0.717, 1.165) is 47.8 Å². The number of carbonyl (C=O) groups excluding carboxylic acids is 1. The molecule has 1 amide bonds. The average molecular weight is 561 g/mol. The van der Waals surface area contributed by atoms with Crippen LogP contribution in [0.5, 0.6) is 11.6 Å². The average Bonchev–Trinajstić information content (AvgIpc) is 3.29. The second-order valence-corrected chi connectivity index (χ2v) is 11.7. The van der Waals surface area contributed by atoms with Crippen molar-refractivity contribution in [1.29, 1.82) is 0 Å². The number of piperidine rings is 1. The van der Waals surface area contributed by atoms with Crippen molar-refractivity contribution < 1.29 is 14.3 Å². The number of ether oxygens (including phenoxy) is 2. The fraction of sp³-hybridized carbons (Fsp3) is 0.400. The van der Waals surface area contributed by atoms with Gasteiger partial charge >= 0.3 is 0 Å². The maximum absolute atomic E-state index is 12.5. The molecule has 0 aliphatic carbocycles. The standard InChI is InChI=1S/C30H36N6O3S/c1-16(2)39-23-14-21(19-9-11-36(5)12-10-19)17(3)13-22(23)34-30-32-15-24-26(35-30)25(27(40-24)28(31)37)20-8-7-18(4)33-29(20)38-6/h7-8,13-16,19H,9-12H2,1-6H3,(H2,31,37)(H,32,34,35). The number of carbonyl (C=O) groups is 1. The maximum Gasteiger partial charge on any atom is 0.259 e. The SMILES string of the molecule is COc1nc(C)ccc1-c1c(C(N)=O)sc2cnc(Nc3cc(C)c(C4CCN(C)CC4)cc3OC(C)C)nc12. The number of fused-ring (bicyclic) bond motifs is 1. The Kier molecular flexibility index (Phi) is 7.91. The smallest absolute Gasteiger partial charge is 0.259 e. The number of rotatable bonds is 8. The summed E-state index contributed by atoms with van der Waals surface area (Å²) in [6.45, 7) is 10.3. The zero-order valence-corrected chi connectivity index (χ0v) is 24.7. The first-order valence-electron chi connectivity index (χ1n) is 13.5. The summed E-state index contributed by atoms with van der Waals surface area (Å²) in [7, 11) is 3.73. The molecule has 0 atom stereocenters. The van der Waals surface area contributed by atoms with Gasteiger partial charge in [0.05, 0.1) is 35.3 Å². The van der Waals surface area contributed by atoms with Crippen LogP contribution in [-0.2, 0) is 0 Å². The van der Waals surface area contributed by atoms with Crippen LogP contribution in [0, 0.1) is 13.8 Å². The third-order valence-electron chi connectivity index (χ3n) is 7.25. The van der Waals surface area contributed by atoms with Crippen molar-refractivity contribution in [3.8, 4) is 22.8 Å². The topological polar surface area (TPSA) is 115 Å². The van der Waals surface area contributed by atoms with Crippen LogP contribution in [-0.4, -0.2) is 59.1 Å². The number of benzene rings is 1. The molecule has 1 aliphatic heterocycles. The largest absolute Gasteiger partial charge is 0.489 e. The third kappa shape index (κ3) is 5.59. The fourth-order valence-corrected chi connectivity index (χ4v) is 6.27. The Morgan fingerprint density at radius 2 is 1.93 bits per heavy atom. The van der Waals surface area contributed by atoms with Crippen molar-refractivity contribution in [1.82, 2.24) is 19.9 Å². The fourth-order valence-electron chi connectivity index (χ4n) is 5.29. The van der Waals surface area contributed by atoms with Crippen LogP contribution in [0.15, 0.2) is 30.5 Å². The van der Waals surface area contributed by atoms with Crippen LogP contribution in [0.25, 0.3) is 21.3 Å². The van der Waals surface area contributed by atoms with E-state index in [0.29, 0.717) is 39.3 Å². The minimum atomic E-state index is -0.539. The maximum atomic E-state index is 12.5. The number of pyridine rings is 1. The van der Waals surface area contributed by atoms with Crippen LogP contribution in [0.3, 0.4) is 0 Å². The molecule has 3 aromatic heterocycles. The number of nitrogens with zero attached hydrogens (tertiary/aromatic N) is 4. The van der Waals surface area contributed by atoms with E-state index in [4.69, 9.17) is 20.2 Å². The molecular weight excluding hydrogens is 524 g/mol. The highest BCUT2D eigenvalue weighted by Crippen LogP contribution is 2.42. The molecule has 0 saturated carbocycles. The Morgan fingerprint density at radius 3 is 2.60 bits per heavy atom. The zero-order chi connectivity index (χ0) is 28.6. The number of nitrogens with one attached hydrogen (secondary N) is 1. The van der Waals surface area contributed by atoms with Gasteiger partial charge in [-0.3, -0.25) is 4.79 Å². The van der Waals surface area contributed by atoms with Gasteiger partial charge in [-0.15, -0.1) is 11.3 Å². The van der Waals surface area contributed by atoms with Crippen molar-refractivity contribution in [3.05, 3.63) is 52.2 Å². The lowest BCUT2D eigenvalue weighted by Crippen LogP contribution is -2.29. The summed E-state index contributed by atoms with van der Waals surface area (Å²) in [5.74, 6) is 1.53. The van der Waals surface area contributed by atoms with Gasteiger partial charge in [0, 0.05) is 16.8 Å². The molecule has 5 rings (SSSR count). The molecule has 3 N–H and O–H groups in total. The van der Waals surface area contributed by atoms with Crippen molar-refractivity contribution >= 4 is 39.1 Å². The number of anilines is 2. The number of likely N-dealkylation sites (tertiary alicyclic amines) is 1. The minimum absolute atomic E-state index is 0.0000900. The van der Waals surface area contributed by atoms with Crippen LogP contribution < -0.4 is 20.5 Å². The summed E-state index contributed by atoms with van der Waals surface area (Å²) < 4.78 is 12.6. The van der Waals surface area contributed by atoms with Gasteiger partial charge < -0.3 is 25.4 Å². The van der Waals surface area contributed by atoms with E-state index in [1.807, 2.05) is 32.9 Å². The summed E-state index contributed by atoms with van der Waals surface area (Å²) in [6, 6.07) is 8.05. The molecule has 0 spiro atoms. The lowest BCUT2D eigenvalue weighted by molar-refractivity contribution is 0.100. The minimum Gasteiger partial charge on any atom is -0.489 e. The first-order chi connectivity index (χ1) is 19.1. The lowest BCUT2D eigenvalue weighted by atomic mass is 9.86. The van der Waals surface area contributed by atoms with Gasteiger partial charge in [0.15, 0.2) is 0 Å². The molecule has 1 aliphatic rings. The lowest BCUT2D eigenvalue weighted by Gasteiger charge is -2.30. The number of primary amides is 1. The van der Waals surface area contributed by atoms with Crippen molar-refractivity contribution in [2.24, 2.45) is 5.73 Å². The molecule has 9 nitrogen and oxygen atoms in total. The van der Waals surface area contributed by atoms with Crippen LogP contribution in [0.4, 0.5) is 11.6 Å². The van der Waals surface area contributed by atoms with Crippen molar-refractivity contribution in [2.75, 3.05) is 32.6 Å². The number of thiophene rings is 1. The normalized spacial score (nSPS) is 14.6. The number of hydrogen-bond donors (Lipinski definition) is 2. The Morgan fingerprint density at radius 1 is 1.18 bits per heavy atom. The summed E-state index contributed by atoms with van der Waals surface area (Å²) in [6.07, 6.45) is 3.97. The Balaban J connectivity index is 1.57. The zero-order valence-electron chi connectivity index (χ0n) is 23.9. The number of aromatic nitrogens is 3. The van der Waals surface area contributed by atoms with Gasteiger partial charge in [-0.05, 0) is 102 Å². The monoisotopic (exact) mass is 560 g/mol. The number of hydrogen-bond acceptors (Lipinski definition) is 9. The van der Waals surface area contributed by atoms with Gasteiger partial charge in [-0.1, -0.05) is 0 Å². The van der Waals surface area contributed by atoms with Crippen molar-refractivity contribution in [3.63, 3.8) is 0 Å². The van der Waals surface area contributed by atoms with Gasteiger partial charge in [0.25, 0.3) is 5.91 Å². The molecule has 0 unspecified atom stereocenters. The van der Waals surface area contributed by atoms with E-state index in [1.54, 1.807) is 13.3 Å². The molecule has 210 valence electrons. The van der Waals surface area contributed by atoms with E-state index in [2.05, 4.69) is 46.3 Å². The molecule has 0 bridgehead atoms. The van der Waals surface area contributed by atoms with Gasteiger partial charge in [-0.2, -0.15) is 0 Å². The molecular formula is C30H36N6O3S. The molecule has 1 fully saturated rings. The van der Waals surface area contributed by atoms with Crippen LogP contribution >= 0.6 is 11.3 Å². The quantitative estimate of drug-likeness (QED) is 0.277. The molecule has 4 aromatic rings. The van der Waals surface area contributed by atoms with E-state index in [-0.39, 0.29) is 6.10 Å². The highest BCUT2D eigenvalue weighted by molar-refractivity contribution is 7.21. The Hall–Kier alpha value is -3.76. The van der Waals surface area contributed by atoms with Gasteiger partial charge in [0.1, 0.15) is 10.6 Å². The Bertz CT molecular complexity index is 1560. The Labute approximate surface area is 238 Å². The number of amides is 1. The number of aryl methyl sites for hydroxylation is 2. The summed E-state index contributed by atoms with van der Waals surface area (Å²) in [5, 5.41) is 3.39. The first kappa shape index (κ1) is 27.8. The van der Waals surface area contributed by atoms with Crippen LogP contribution in [0.2, 0.25) is 0 Å². The molecule has 1 saturated heterocycles. The van der Waals surface area contributed by atoms with E-state index in [9.17, 15) is 4.79 Å². The predicted octanol–water partition coefficient (Wildman–Crippen LogP) is 5.82. The number of methoxy groups -OCH3 is 1. The molecule has 10 heteroatoms. The van der Waals surface area contributed by atoms with E-state index < -0.39 is 5.91 Å². The summed E-state index contributed by atoms with van der Waals surface area (Å²) >= 11 is 1.26. The molecule has 1 aromatic carbocycles. The second-order valence-electron chi connectivity index (χ2n) is 10.7. The van der Waals surface area contributed by atoms with E-state index in [1.165, 1.54) is 22.5 Å². The van der Waals surface area contributed by atoms with Gasteiger partial charge in [0.2, 0.25) is 11.8 Å². The molecule has 40 heavy (non-hydrogen) atoms. The molecule has 4 heterocycles. The highest BCUT2D eigenvalue weighted by Gasteiger charge is 2.25. The van der Waals surface area contributed by atoms with E-state index >= 15 is 0 Å². The van der Waals surface area contributed by atoms with Crippen molar-refractivity contribution in [2.45, 2.75) is 52.6 Å². The number of nitrogens with two attached hydrogens (primary N) is 1. The van der Waals surface area contributed by atoms with Crippen LogP contribution in [0.1, 0.15) is 59.1 Å². The summed E-state index contributed by atoms with van der Waals surface area (Å²) in [4.78, 5) is 29.1. The first-order valence-corrected chi connectivity index (χ1v) is 14.3. The third-order valence-corrected chi connectivity index (χ3v) is 8.38. The highest BCUT2D eigenvalue weighted by atomic mass is 32.1. The summed E-state index contributed by atoms with van der Waals surface area (Å²) in [5.41, 5.74) is 11.8. The second kappa shape index (κ2) is 11.4. The predicted molar refractivity (Wildman–Crippen MR) is 160 cm³/mol. The molecule has 0 radical (unpaired) electrons.